The molecule has 244 valence electrons. The number of para-hydroxylation sites is 2. The Morgan fingerprint density at radius 2 is 0.943 bits per heavy atom. The fourth-order valence-corrected chi connectivity index (χ4v) is 9.84. The maximum absolute atomic E-state index is 5.45. The van der Waals surface area contributed by atoms with Crippen molar-refractivity contribution in [3.63, 3.8) is 0 Å². The molecule has 10 rings (SSSR count). The summed E-state index contributed by atoms with van der Waals surface area (Å²) in [6.45, 7) is 0. The molecule has 10 aromatic rings. The average molecular weight is 688 g/mol. The average Bonchev–Trinajstić information content (AvgIpc) is 3.77. The highest BCUT2D eigenvalue weighted by Crippen LogP contribution is 2.47. The fourth-order valence-electron chi connectivity index (χ4n) is 8.76. The maximum atomic E-state index is 5.45. The molecule has 0 saturated heterocycles. The second kappa shape index (κ2) is 12.2. The molecule has 0 spiro atoms. The highest BCUT2D eigenvalue weighted by atomic mass is 32.1. The molecule has 0 bridgehead atoms. The number of hydrogen-bond donors (Lipinski definition) is 0. The van der Waals surface area contributed by atoms with Gasteiger partial charge in [0.2, 0.25) is 0 Å². The minimum absolute atomic E-state index is 0.961. The van der Waals surface area contributed by atoms with Gasteiger partial charge in [0.1, 0.15) is 45.1 Å². The quantitative estimate of drug-likeness (QED) is 0.202. The van der Waals surface area contributed by atoms with E-state index in [1.165, 1.54) is 97.0 Å². The number of nitrogens with zero attached hydrogens (tertiary/aromatic N) is 2. The molecule has 2 aromatic heterocycles. The molecule has 0 radical (unpaired) electrons. The van der Waals surface area contributed by atoms with Gasteiger partial charge >= 0.3 is 0 Å². The zero-order valence-corrected chi connectivity index (χ0v) is 31.4. The van der Waals surface area contributed by atoms with E-state index < -0.39 is 0 Å². The molecular weight excluding hydrogens is 655 g/mol. The van der Waals surface area contributed by atoms with E-state index in [0.717, 1.165) is 22.4 Å². The van der Waals surface area contributed by atoms with Crippen molar-refractivity contribution in [2.45, 2.75) is 0 Å². The van der Waals surface area contributed by atoms with Gasteiger partial charge < -0.3 is 0 Å². The Balaban J connectivity index is 1.29. The van der Waals surface area contributed by atoms with Gasteiger partial charge in [-0.15, -0.1) is 16.8 Å². The third-order valence-electron chi connectivity index (χ3n) is 11.8. The van der Waals surface area contributed by atoms with E-state index in [4.69, 9.17) is 4.98 Å². The first-order chi connectivity index (χ1) is 25.9. The van der Waals surface area contributed by atoms with Crippen LogP contribution in [0.15, 0.2) is 140 Å². The van der Waals surface area contributed by atoms with E-state index in [-0.39, 0.29) is 0 Å². The third kappa shape index (κ3) is 4.75. The van der Waals surface area contributed by atoms with E-state index in [2.05, 4.69) is 183 Å². The lowest BCUT2D eigenvalue weighted by Crippen LogP contribution is -2.56. The van der Waals surface area contributed by atoms with Crippen LogP contribution in [0.3, 0.4) is 0 Å². The SMILES string of the molecule is Bc1c(B)c(B)c(-n2c(-c3ccccc3-c3c4ccccc4c(-c4ccc5sc6ccccc6c5c4)c4ccccc34)nc3ccccc32)c(B)c1B. The van der Waals surface area contributed by atoms with Crippen LogP contribution in [0, 0.1) is 0 Å². The highest BCUT2D eigenvalue weighted by molar-refractivity contribution is 7.25. The zero-order chi connectivity index (χ0) is 36.0. The molecule has 0 N–H and O–H groups in total. The minimum atomic E-state index is 0.961. The Kier molecular flexibility index (Phi) is 7.35. The zero-order valence-electron chi connectivity index (χ0n) is 30.6. The van der Waals surface area contributed by atoms with E-state index in [9.17, 15) is 0 Å². The Morgan fingerprint density at radius 1 is 0.434 bits per heavy atom. The van der Waals surface area contributed by atoms with Crippen LogP contribution in [-0.4, -0.2) is 48.8 Å². The monoisotopic (exact) mass is 688 g/mol. The summed E-state index contributed by atoms with van der Waals surface area (Å²) in [6, 6.07) is 51.2. The summed E-state index contributed by atoms with van der Waals surface area (Å²) >= 11 is 1.87. The summed E-state index contributed by atoms with van der Waals surface area (Å²) in [5, 5.41) is 7.61. The van der Waals surface area contributed by atoms with E-state index in [0.29, 0.717) is 0 Å². The molecule has 2 nitrogen and oxygen atoms in total. The molecule has 0 aliphatic rings. The molecule has 0 fully saturated rings. The summed E-state index contributed by atoms with van der Waals surface area (Å²) in [5.74, 6) is 0.961. The van der Waals surface area contributed by atoms with Crippen LogP contribution < -0.4 is 27.3 Å². The molecule has 0 amide bonds. The van der Waals surface area contributed by atoms with Crippen molar-refractivity contribution in [2.24, 2.45) is 0 Å². The Bertz CT molecular complexity index is 3060. The smallest absolute Gasteiger partial charge is 0.146 e. The lowest BCUT2D eigenvalue weighted by atomic mass is 9.61. The largest absolute Gasteiger partial charge is 0.294 e. The van der Waals surface area contributed by atoms with Crippen molar-refractivity contribution >= 4 is 131 Å². The van der Waals surface area contributed by atoms with Crippen LogP contribution >= 0.6 is 11.3 Å². The van der Waals surface area contributed by atoms with Crippen molar-refractivity contribution in [1.29, 1.82) is 0 Å². The number of benzene rings is 8. The van der Waals surface area contributed by atoms with Crippen LogP contribution in [-0.2, 0) is 0 Å². The summed E-state index contributed by atoms with van der Waals surface area (Å²) in [7, 11) is 11.3. The minimum Gasteiger partial charge on any atom is -0.294 e. The van der Waals surface area contributed by atoms with E-state index >= 15 is 0 Å². The summed E-state index contributed by atoms with van der Waals surface area (Å²) in [6.07, 6.45) is 0. The predicted molar refractivity (Wildman–Crippen MR) is 246 cm³/mol. The first-order valence-corrected chi connectivity index (χ1v) is 19.2. The van der Waals surface area contributed by atoms with Crippen molar-refractivity contribution in [2.75, 3.05) is 0 Å². The van der Waals surface area contributed by atoms with Crippen molar-refractivity contribution in [3.05, 3.63) is 140 Å². The number of aromatic nitrogens is 2. The van der Waals surface area contributed by atoms with Crippen LogP contribution in [0.2, 0.25) is 0 Å². The number of imidazole rings is 1. The molecule has 2 heterocycles. The first kappa shape index (κ1) is 32.0. The summed E-state index contributed by atoms with van der Waals surface area (Å²) in [5.41, 5.74) is 16.0. The van der Waals surface area contributed by atoms with Gasteiger partial charge in [0.05, 0.1) is 11.0 Å². The molecule has 53 heavy (non-hydrogen) atoms. The normalized spacial score (nSPS) is 11.8. The van der Waals surface area contributed by atoms with E-state index in [1.807, 2.05) is 11.3 Å². The molecule has 0 aliphatic heterocycles. The van der Waals surface area contributed by atoms with E-state index in [1.54, 1.807) is 0 Å². The molecule has 8 heteroatoms. The second-order valence-corrected chi connectivity index (χ2v) is 15.5. The molecule has 0 saturated carbocycles. The third-order valence-corrected chi connectivity index (χ3v) is 12.9. The van der Waals surface area contributed by atoms with Crippen LogP contribution in [0.25, 0.3) is 92.1 Å². The van der Waals surface area contributed by atoms with Gasteiger partial charge in [0, 0.05) is 31.4 Å². The Hall–Kier alpha value is -5.71. The van der Waals surface area contributed by atoms with Crippen molar-refractivity contribution < 1.29 is 0 Å². The molecular formula is C45H33B5N2S. The number of hydrogen-bond acceptors (Lipinski definition) is 2. The fraction of sp³-hybridized carbons (Fsp3) is 0. The van der Waals surface area contributed by atoms with Crippen LogP contribution in [0.4, 0.5) is 0 Å². The van der Waals surface area contributed by atoms with Gasteiger partial charge in [-0.2, -0.15) is 0 Å². The number of thiophene rings is 1. The standard InChI is InChI=1S/C45H33B5N2S/c46-39-40(47)42(49)44(43(50)41(39)48)52-34-19-9-8-18-33(34)51-45(52)31-17-6-5-16-30(31)38-28-14-3-1-12-26(28)37(27-13-2-4-15-29(27)38)24-21-22-36-32(23-24)25-11-7-10-20-35(25)53-36/h1-23H,46-50H2. The predicted octanol–water partition coefficient (Wildman–Crippen LogP) is 3.99. The van der Waals surface area contributed by atoms with Crippen molar-refractivity contribution in [1.82, 2.24) is 9.55 Å². The van der Waals surface area contributed by atoms with Gasteiger partial charge in [0.15, 0.2) is 0 Å². The lowest BCUT2D eigenvalue weighted by Gasteiger charge is -2.24. The second-order valence-electron chi connectivity index (χ2n) is 14.4. The van der Waals surface area contributed by atoms with Gasteiger partial charge in [-0.05, 0) is 74.1 Å². The first-order valence-electron chi connectivity index (χ1n) is 18.4. The molecule has 0 atom stereocenters. The molecule has 0 unspecified atom stereocenters. The molecule has 8 aromatic carbocycles. The summed E-state index contributed by atoms with van der Waals surface area (Å²) in [4.78, 5) is 5.45. The van der Waals surface area contributed by atoms with Gasteiger partial charge in [-0.3, -0.25) is 4.57 Å². The Labute approximate surface area is 317 Å². The number of fused-ring (bicyclic) bond motifs is 6. The van der Waals surface area contributed by atoms with Crippen molar-refractivity contribution in [3.8, 4) is 39.3 Å². The number of rotatable bonds is 4. The van der Waals surface area contributed by atoms with Gasteiger partial charge in [0.25, 0.3) is 0 Å². The summed E-state index contributed by atoms with van der Waals surface area (Å²) < 4.78 is 5.08. The molecule has 0 aliphatic carbocycles. The van der Waals surface area contributed by atoms with Crippen LogP contribution in [0.1, 0.15) is 0 Å². The van der Waals surface area contributed by atoms with Crippen LogP contribution in [0.5, 0.6) is 0 Å². The van der Waals surface area contributed by atoms with Gasteiger partial charge in [-0.1, -0.05) is 131 Å². The lowest BCUT2D eigenvalue weighted by molar-refractivity contribution is 1.12. The van der Waals surface area contributed by atoms with Gasteiger partial charge in [-0.25, -0.2) is 4.98 Å². The topological polar surface area (TPSA) is 17.8 Å². The Morgan fingerprint density at radius 3 is 1.62 bits per heavy atom. The highest BCUT2D eigenvalue weighted by Gasteiger charge is 2.24. The maximum Gasteiger partial charge on any atom is 0.146 e.